The summed E-state index contributed by atoms with van der Waals surface area (Å²) in [5.41, 5.74) is 0.390. The van der Waals surface area contributed by atoms with Gasteiger partial charge in [-0.05, 0) is 22.4 Å². The number of carboxylic acids is 1. The number of benzene rings is 3. The second-order valence-electron chi connectivity index (χ2n) is 4.79. The predicted molar refractivity (Wildman–Crippen MR) is 83.0 cm³/mol. The third-order valence-electron chi connectivity index (χ3n) is 3.53. The summed E-state index contributed by atoms with van der Waals surface area (Å²) >= 11 is 0. The number of hydrogen-bond acceptors (Lipinski definition) is 3. The van der Waals surface area contributed by atoms with Crippen LogP contribution in [0.2, 0.25) is 0 Å². The van der Waals surface area contributed by atoms with Crippen LogP contribution in [0.25, 0.3) is 21.9 Å². The van der Waals surface area contributed by atoms with Gasteiger partial charge in [-0.25, -0.2) is 4.79 Å². The number of hydrogen-bond donors (Lipinski definition) is 1. The van der Waals surface area contributed by atoms with Crippen LogP contribution in [0.1, 0.15) is 10.4 Å². The van der Waals surface area contributed by atoms with E-state index in [-0.39, 0.29) is 16.8 Å². The summed E-state index contributed by atoms with van der Waals surface area (Å²) in [4.78, 5) is 22.2. The van der Waals surface area contributed by atoms with E-state index in [1.54, 1.807) is 12.1 Å². The molecule has 0 atom stereocenters. The normalized spacial score (nSPS) is 10.5. The maximum absolute atomic E-state index is 11.5. The minimum absolute atomic E-state index is 0.0782. The molecule has 0 aromatic heterocycles. The van der Waals surface area contributed by atoms with Crippen LogP contribution in [0.3, 0.4) is 0 Å². The number of aromatic carboxylic acids is 1. The van der Waals surface area contributed by atoms with Gasteiger partial charge in [0.1, 0.15) is 0 Å². The van der Waals surface area contributed by atoms with Gasteiger partial charge >= 0.3 is 5.97 Å². The van der Waals surface area contributed by atoms with Crippen LogP contribution < -0.4 is 0 Å². The molecule has 0 saturated carbocycles. The van der Waals surface area contributed by atoms with E-state index < -0.39 is 10.9 Å². The van der Waals surface area contributed by atoms with Gasteiger partial charge in [0.15, 0.2) is 0 Å². The Morgan fingerprint density at radius 2 is 1.64 bits per heavy atom. The summed E-state index contributed by atoms with van der Waals surface area (Å²) in [5, 5.41) is 22.4. The van der Waals surface area contributed by atoms with Gasteiger partial charge in [0.25, 0.3) is 5.69 Å². The van der Waals surface area contributed by atoms with Crippen molar-refractivity contribution in [3.8, 4) is 11.1 Å². The molecule has 0 aliphatic carbocycles. The van der Waals surface area contributed by atoms with E-state index >= 15 is 0 Å². The Balaban J connectivity index is 2.44. The number of carbonyl (C=O) groups is 1. The van der Waals surface area contributed by atoms with Crippen LogP contribution in [0.4, 0.5) is 5.69 Å². The van der Waals surface area contributed by atoms with Crippen molar-refractivity contribution >= 4 is 22.4 Å². The molecule has 0 aliphatic heterocycles. The fraction of sp³-hybridized carbons (Fsp3) is 0. The third-order valence-corrected chi connectivity index (χ3v) is 3.53. The Labute approximate surface area is 125 Å². The van der Waals surface area contributed by atoms with Gasteiger partial charge in [0.2, 0.25) is 0 Å². The first-order valence-corrected chi connectivity index (χ1v) is 6.58. The summed E-state index contributed by atoms with van der Waals surface area (Å²) in [6.07, 6.45) is 0. The van der Waals surface area contributed by atoms with Crippen molar-refractivity contribution in [1.29, 1.82) is 0 Å². The van der Waals surface area contributed by atoms with Gasteiger partial charge in [-0.15, -0.1) is 0 Å². The van der Waals surface area contributed by atoms with Crippen LogP contribution in [-0.2, 0) is 0 Å². The summed E-state index contributed by atoms with van der Waals surface area (Å²) in [6.45, 7) is 0. The molecule has 1 N–H and O–H groups in total. The molecule has 3 aromatic rings. The number of carboxylic acid groups (broad SMARTS) is 1. The molecule has 0 unspecified atom stereocenters. The van der Waals surface area contributed by atoms with Crippen LogP contribution in [0.15, 0.2) is 60.7 Å². The smallest absolute Gasteiger partial charge is 0.336 e. The highest BCUT2D eigenvalue weighted by Crippen LogP contribution is 2.37. The Hall–Kier alpha value is -3.21. The first-order valence-electron chi connectivity index (χ1n) is 6.58. The number of fused-ring (bicyclic) bond motifs is 1. The van der Waals surface area contributed by atoms with Gasteiger partial charge in [0.05, 0.1) is 16.1 Å². The fourth-order valence-corrected chi connectivity index (χ4v) is 2.60. The van der Waals surface area contributed by atoms with Gasteiger partial charge in [0, 0.05) is 6.07 Å². The molecule has 0 spiro atoms. The molecule has 108 valence electrons. The molecule has 22 heavy (non-hydrogen) atoms. The monoisotopic (exact) mass is 293 g/mol. The van der Waals surface area contributed by atoms with E-state index in [1.165, 1.54) is 18.2 Å². The zero-order chi connectivity index (χ0) is 15.7. The largest absolute Gasteiger partial charge is 0.478 e. The van der Waals surface area contributed by atoms with Crippen LogP contribution in [0.5, 0.6) is 0 Å². The quantitative estimate of drug-likeness (QED) is 0.582. The van der Waals surface area contributed by atoms with Crippen molar-refractivity contribution in [3.63, 3.8) is 0 Å². The van der Waals surface area contributed by atoms with Crippen LogP contribution in [0, 0.1) is 10.1 Å². The van der Waals surface area contributed by atoms with E-state index in [2.05, 4.69) is 0 Å². The molecule has 0 bridgehead atoms. The second-order valence-corrected chi connectivity index (χ2v) is 4.79. The topological polar surface area (TPSA) is 80.4 Å². The van der Waals surface area contributed by atoms with Gasteiger partial charge in [-0.1, -0.05) is 48.5 Å². The standard InChI is InChI=1S/C17H11NO4/c19-17(20)14-9-4-10-15(18(21)22)16(14)13-8-3-6-11-5-1-2-7-12(11)13/h1-10H,(H,19,20). The summed E-state index contributed by atoms with van der Waals surface area (Å²) < 4.78 is 0. The van der Waals surface area contributed by atoms with E-state index in [9.17, 15) is 20.0 Å². The lowest BCUT2D eigenvalue weighted by molar-refractivity contribution is -0.384. The van der Waals surface area contributed by atoms with Crippen molar-refractivity contribution in [3.05, 3.63) is 76.3 Å². The third kappa shape index (κ3) is 2.18. The lowest BCUT2D eigenvalue weighted by atomic mass is 9.93. The van der Waals surface area contributed by atoms with Gasteiger partial charge in [-0.2, -0.15) is 0 Å². The molecule has 3 aromatic carbocycles. The number of nitro groups is 1. The highest BCUT2D eigenvalue weighted by molar-refractivity contribution is 6.06. The van der Waals surface area contributed by atoms with E-state index in [1.807, 2.05) is 30.3 Å². The summed E-state index contributed by atoms with van der Waals surface area (Å²) in [7, 11) is 0. The van der Waals surface area contributed by atoms with Crippen molar-refractivity contribution in [2.45, 2.75) is 0 Å². The Morgan fingerprint density at radius 3 is 2.36 bits per heavy atom. The highest BCUT2D eigenvalue weighted by atomic mass is 16.6. The minimum Gasteiger partial charge on any atom is -0.478 e. The van der Waals surface area contributed by atoms with Gasteiger partial charge in [-0.3, -0.25) is 10.1 Å². The maximum Gasteiger partial charge on any atom is 0.336 e. The molecule has 0 amide bonds. The fourth-order valence-electron chi connectivity index (χ4n) is 2.60. The van der Waals surface area contributed by atoms with Gasteiger partial charge < -0.3 is 5.11 Å². The Kier molecular flexibility index (Phi) is 3.31. The molecule has 3 rings (SSSR count). The van der Waals surface area contributed by atoms with Crippen LogP contribution in [-0.4, -0.2) is 16.0 Å². The average molecular weight is 293 g/mol. The Morgan fingerprint density at radius 1 is 0.955 bits per heavy atom. The lowest BCUT2D eigenvalue weighted by Gasteiger charge is -2.10. The average Bonchev–Trinajstić information content (AvgIpc) is 2.53. The maximum atomic E-state index is 11.5. The number of nitro benzene ring substituents is 1. The molecule has 5 heteroatoms. The molecule has 0 fully saturated rings. The molecular formula is C17H11NO4. The molecule has 0 heterocycles. The molecule has 0 radical (unpaired) electrons. The second kappa shape index (κ2) is 5.29. The minimum atomic E-state index is -1.19. The summed E-state index contributed by atoms with van der Waals surface area (Å²) in [5.74, 6) is -1.19. The lowest BCUT2D eigenvalue weighted by Crippen LogP contribution is -2.03. The van der Waals surface area contributed by atoms with Crippen LogP contribution >= 0.6 is 0 Å². The first kappa shape index (κ1) is 13.8. The predicted octanol–water partition coefficient (Wildman–Crippen LogP) is 4.11. The molecule has 5 nitrogen and oxygen atoms in total. The molecule has 0 saturated heterocycles. The molecular weight excluding hydrogens is 282 g/mol. The summed E-state index contributed by atoms with van der Waals surface area (Å²) in [6, 6.07) is 16.8. The number of rotatable bonds is 3. The van der Waals surface area contributed by atoms with E-state index in [0.29, 0.717) is 5.56 Å². The zero-order valence-corrected chi connectivity index (χ0v) is 11.4. The van der Waals surface area contributed by atoms with Crippen molar-refractivity contribution in [2.24, 2.45) is 0 Å². The van der Waals surface area contributed by atoms with Crippen molar-refractivity contribution < 1.29 is 14.8 Å². The SMILES string of the molecule is O=C(O)c1cccc([N+](=O)[O-])c1-c1cccc2ccccc12. The van der Waals surface area contributed by atoms with Crippen molar-refractivity contribution in [2.75, 3.05) is 0 Å². The number of nitrogens with zero attached hydrogens (tertiary/aromatic N) is 1. The molecule has 0 aliphatic rings. The Bertz CT molecular complexity index is 865. The van der Waals surface area contributed by atoms with E-state index in [0.717, 1.165) is 10.8 Å². The first-order chi connectivity index (χ1) is 10.6. The highest BCUT2D eigenvalue weighted by Gasteiger charge is 2.23. The zero-order valence-electron chi connectivity index (χ0n) is 11.4. The van der Waals surface area contributed by atoms with Crippen molar-refractivity contribution in [1.82, 2.24) is 0 Å². The van der Waals surface area contributed by atoms with E-state index in [4.69, 9.17) is 0 Å².